The average Bonchev–Trinajstić information content (AvgIpc) is 3.27. The van der Waals surface area contributed by atoms with Crippen molar-refractivity contribution in [2.45, 2.75) is 40.7 Å². The van der Waals surface area contributed by atoms with Crippen molar-refractivity contribution >= 4 is 23.4 Å². The van der Waals surface area contributed by atoms with Crippen LogP contribution in [-0.2, 0) is 9.53 Å². The van der Waals surface area contributed by atoms with E-state index in [2.05, 4.69) is 18.8 Å². The van der Waals surface area contributed by atoms with Gasteiger partial charge in [0, 0.05) is 6.20 Å². The smallest absolute Gasteiger partial charge is 0.337 e. The summed E-state index contributed by atoms with van der Waals surface area (Å²) in [5.74, 6) is 2.17. The molecule has 0 unspecified atom stereocenters. The number of carbonyl (C=O) groups excluding carboxylic acids is 1. The van der Waals surface area contributed by atoms with Gasteiger partial charge in [-0.3, -0.25) is 9.36 Å². The number of methoxy groups -OCH3 is 1. The molecule has 4 rings (SSSR count). The van der Waals surface area contributed by atoms with Gasteiger partial charge in [0.05, 0.1) is 49.7 Å². The van der Waals surface area contributed by atoms with Crippen LogP contribution in [-0.4, -0.2) is 44.1 Å². The van der Waals surface area contributed by atoms with Crippen molar-refractivity contribution in [2.24, 2.45) is 10.9 Å². The number of hydrogen-bond acceptors (Lipinski definition) is 9. The number of benzene rings is 2. The van der Waals surface area contributed by atoms with Crippen LogP contribution in [0.25, 0.3) is 6.08 Å². The number of nitrogens with zero attached hydrogens (tertiary/aromatic N) is 2. The number of ether oxygens (including phenoxy) is 5. The first-order valence-electron chi connectivity index (χ1n) is 13.7. The molecular formula is C31H36N2O7S. The normalized spacial score (nSPS) is 14.7. The third-order valence-electron chi connectivity index (χ3n) is 6.15. The molecule has 0 saturated carbocycles. The van der Waals surface area contributed by atoms with Gasteiger partial charge < -0.3 is 23.7 Å². The molecule has 3 aromatic rings. The molecule has 0 radical (unpaired) electrons. The third-order valence-corrected chi connectivity index (χ3v) is 7.14. The molecule has 1 aromatic heterocycles. The van der Waals surface area contributed by atoms with E-state index in [0.29, 0.717) is 70.2 Å². The predicted octanol–water partition coefficient (Wildman–Crippen LogP) is 4.25. The lowest BCUT2D eigenvalue weighted by Crippen LogP contribution is -2.39. The highest BCUT2D eigenvalue weighted by Crippen LogP contribution is 2.35. The lowest BCUT2D eigenvalue weighted by molar-refractivity contribution is -0.136. The topological polar surface area (TPSA) is 97.6 Å². The van der Waals surface area contributed by atoms with Gasteiger partial charge in [0.1, 0.15) is 0 Å². The Morgan fingerprint density at radius 3 is 2.24 bits per heavy atom. The van der Waals surface area contributed by atoms with Crippen molar-refractivity contribution in [2.75, 3.05) is 33.5 Å². The summed E-state index contributed by atoms with van der Waals surface area (Å²) in [7, 11) is 1.31. The standard InChI is InChI=1S/C31H36N2O7S/c1-7-37-23-13-11-21(16-26(23)39-9-3)28-22(30(35)36-6)17-32-31-33(28)29(34)27(41-31)15-20-10-12-24(40-18-19(4)5)25(14-20)38-8-2/h10-17,19,28H,7-9,18H2,1-6H3/b27-15-/t28-/m1/s1. The number of thiazole rings is 1. The molecule has 0 amide bonds. The molecule has 0 N–H and O–H groups in total. The maximum Gasteiger partial charge on any atom is 0.337 e. The predicted molar refractivity (Wildman–Crippen MR) is 158 cm³/mol. The fraction of sp³-hybridized carbons (Fsp3) is 0.387. The monoisotopic (exact) mass is 580 g/mol. The summed E-state index contributed by atoms with van der Waals surface area (Å²) >= 11 is 1.24. The minimum Gasteiger partial charge on any atom is -0.490 e. The first-order valence-corrected chi connectivity index (χ1v) is 14.5. The van der Waals surface area contributed by atoms with Crippen LogP contribution in [0.1, 0.15) is 51.8 Å². The number of hydrogen-bond donors (Lipinski definition) is 0. The molecule has 218 valence electrons. The summed E-state index contributed by atoms with van der Waals surface area (Å²) in [6.07, 6.45) is 3.26. The molecule has 0 aliphatic carbocycles. The van der Waals surface area contributed by atoms with Crippen molar-refractivity contribution in [3.63, 3.8) is 0 Å². The molecule has 9 nitrogen and oxygen atoms in total. The first kappa shape index (κ1) is 29.9. The summed E-state index contributed by atoms with van der Waals surface area (Å²) < 4.78 is 30.3. The van der Waals surface area contributed by atoms with E-state index in [1.807, 2.05) is 45.0 Å². The SMILES string of the molecule is CCOc1ccc([C@@H]2C(C(=O)OC)=CN=c3s/c(=C\c4ccc(OCC(C)C)c(OCC)c4)c(=O)n32)cc1OCC. The first-order chi connectivity index (χ1) is 19.8. The minimum absolute atomic E-state index is 0.239. The molecule has 0 bridgehead atoms. The molecule has 41 heavy (non-hydrogen) atoms. The summed E-state index contributed by atoms with van der Waals surface area (Å²) in [5, 5.41) is 0. The summed E-state index contributed by atoms with van der Waals surface area (Å²) in [6, 6.07) is 10.2. The number of aromatic nitrogens is 1. The van der Waals surface area contributed by atoms with Crippen LogP contribution in [0, 0.1) is 5.92 Å². The Bertz CT molecular complexity index is 1600. The zero-order valence-corrected chi connectivity index (χ0v) is 25.1. The number of esters is 1. The van der Waals surface area contributed by atoms with Gasteiger partial charge in [0.15, 0.2) is 27.8 Å². The lowest BCUT2D eigenvalue weighted by Gasteiger charge is -2.23. The van der Waals surface area contributed by atoms with Crippen molar-refractivity contribution < 1.29 is 28.5 Å². The highest BCUT2D eigenvalue weighted by atomic mass is 32.1. The van der Waals surface area contributed by atoms with E-state index >= 15 is 0 Å². The maximum absolute atomic E-state index is 13.9. The van der Waals surface area contributed by atoms with E-state index in [0.717, 1.165) is 5.56 Å². The lowest BCUT2D eigenvalue weighted by atomic mass is 9.97. The molecule has 1 atom stereocenters. The van der Waals surface area contributed by atoms with Crippen LogP contribution in [0.5, 0.6) is 23.0 Å². The van der Waals surface area contributed by atoms with E-state index in [-0.39, 0.29) is 11.1 Å². The number of fused-ring (bicyclic) bond motifs is 1. The van der Waals surface area contributed by atoms with E-state index in [1.165, 1.54) is 29.2 Å². The summed E-state index contributed by atoms with van der Waals surface area (Å²) in [4.78, 5) is 31.6. The molecule has 0 fully saturated rings. The van der Waals surface area contributed by atoms with Gasteiger partial charge in [0.2, 0.25) is 0 Å². The van der Waals surface area contributed by atoms with Crippen molar-refractivity contribution in [3.8, 4) is 23.0 Å². The highest BCUT2D eigenvalue weighted by molar-refractivity contribution is 7.07. The second kappa shape index (κ2) is 13.5. The van der Waals surface area contributed by atoms with Gasteiger partial charge in [-0.25, -0.2) is 9.79 Å². The van der Waals surface area contributed by atoms with Crippen LogP contribution >= 0.6 is 11.3 Å². The Balaban J connectivity index is 1.83. The Kier molecular flexibility index (Phi) is 9.88. The Labute approximate surface area is 243 Å². The van der Waals surface area contributed by atoms with Crippen LogP contribution in [0.3, 0.4) is 0 Å². The van der Waals surface area contributed by atoms with Gasteiger partial charge in [-0.15, -0.1) is 0 Å². The average molecular weight is 581 g/mol. The molecule has 0 saturated heterocycles. The van der Waals surface area contributed by atoms with Crippen LogP contribution in [0.4, 0.5) is 0 Å². The van der Waals surface area contributed by atoms with E-state index < -0.39 is 12.0 Å². The van der Waals surface area contributed by atoms with E-state index in [1.54, 1.807) is 18.2 Å². The quantitative estimate of drug-likeness (QED) is 0.296. The van der Waals surface area contributed by atoms with Gasteiger partial charge in [-0.1, -0.05) is 37.3 Å². The fourth-order valence-corrected chi connectivity index (χ4v) is 5.37. The molecular weight excluding hydrogens is 544 g/mol. The second-order valence-electron chi connectivity index (χ2n) is 9.59. The van der Waals surface area contributed by atoms with E-state index in [9.17, 15) is 9.59 Å². The fourth-order valence-electron chi connectivity index (χ4n) is 4.40. The molecule has 2 heterocycles. The van der Waals surface area contributed by atoms with Crippen molar-refractivity contribution in [3.05, 3.63) is 79.0 Å². The molecule has 2 aromatic carbocycles. The largest absolute Gasteiger partial charge is 0.490 e. The zero-order valence-electron chi connectivity index (χ0n) is 24.3. The van der Waals surface area contributed by atoms with Crippen LogP contribution in [0.15, 0.2) is 58.0 Å². The molecule has 1 aliphatic rings. The number of carbonyl (C=O) groups is 1. The van der Waals surface area contributed by atoms with Crippen LogP contribution in [0.2, 0.25) is 0 Å². The maximum atomic E-state index is 13.9. The number of rotatable bonds is 12. The van der Waals surface area contributed by atoms with Crippen molar-refractivity contribution in [1.29, 1.82) is 0 Å². The third kappa shape index (κ3) is 6.65. The molecule has 0 spiro atoms. The minimum atomic E-state index is -0.762. The van der Waals surface area contributed by atoms with Gasteiger partial charge in [-0.05, 0) is 68.2 Å². The zero-order chi connectivity index (χ0) is 29.5. The van der Waals surface area contributed by atoms with Crippen molar-refractivity contribution in [1.82, 2.24) is 4.57 Å². The molecule has 10 heteroatoms. The highest BCUT2D eigenvalue weighted by Gasteiger charge is 2.31. The Morgan fingerprint density at radius 1 is 0.951 bits per heavy atom. The van der Waals surface area contributed by atoms with E-state index in [4.69, 9.17) is 23.7 Å². The van der Waals surface area contributed by atoms with Gasteiger partial charge >= 0.3 is 5.97 Å². The Hall–Kier alpha value is -4.05. The Morgan fingerprint density at radius 2 is 1.59 bits per heavy atom. The van der Waals surface area contributed by atoms with Gasteiger partial charge in [-0.2, -0.15) is 0 Å². The molecule has 1 aliphatic heterocycles. The van der Waals surface area contributed by atoms with Crippen LogP contribution < -0.4 is 33.8 Å². The second-order valence-corrected chi connectivity index (χ2v) is 10.6. The summed E-state index contributed by atoms with van der Waals surface area (Å²) in [6.45, 7) is 11.8. The summed E-state index contributed by atoms with van der Waals surface area (Å²) in [5.41, 5.74) is 1.40. The van der Waals surface area contributed by atoms with Gasteiger partial charge in [0.25, 0.3) is 5.56 Å².